The van der Waals surface area contributed by atoms with Crippen molar-refractivity contribution in [2.75, 3.05) is 32.6 Å². The maximum absolute atomic E-state index is 12.7. The fourth-order valence-corrected chi connectivity index (χ4v) is 3.71. The van der Waals surface area contributed by atoms with Crippen molar-refractivity contribution in [2.24, 2.45) is 5.92 Å². The first-order valence-corrected chi connectivity index (χ1v) is 10.9. The van der Waals surface area contributed by atoms with Crippen LogP contribution in [-0.2, 0) is 14.8 Å². The summed E-state index contributed by atoms with van der Waals surface area (Å²) in [5, 5.41) is 5.43. The first kappa shape index (κ1) is 23.4. The number of likely N-dealkylation sites (N-methyl/N-ethyl adjacent to an activating group) is 1. The number of nitrogens with zero attached hydrogens (tertiary/aromatic N) is 1. The molecule has 0 aliphatic rings. The van der Waals surface area contributed by atoms with Crippen molar-refractivity contribution in [2.45, 2.75) is 18.7 Å². The molecule has 0 bridgehead atoms. The number of hydrogen-bond donors (Lipinski definition) is 2. The van der Waals surface area contributed by atoms with E-state index in [0.29, 0.717) is 23.5 Å². The number of carbonyl (C=O) groups excluding carboxylic acids is 2. The number of hydrogen-bond acceptors (Lipinski definition) is 5. The van der Waals surface area contributed by atoms with E-state index in [2.05, 4.69) is 10.6 Å². The number of methoxy groups -OCH3 is 1. The Morgan fingerprint density at radius 3 is 2.30 bits per heavy atom. The van der Waals surface area contributed by atoms with Crippen molar-refractivity contribution in [1.82, 2.24) is 9.62 Å². The molecule has 0 saturated heterocycles. The van der Waals surface area contributed by atoms with E-state index in [4.69, 9.17) is 4.74 Å². The van der Waals surface area contributed by atoms with Crippen LogP contribution in [0.4, 0.5) is 5.69 Å². The second kappa shape index (κ2) is 10.2. The molecule has 0 heterocycles. The van der Waals surface area contributed by atoms with E-state index in [1.165, 1.54) is 38.4 Å². The van der Waals surface area contributed by atoms with Crippen LogP contribution in [0.25, 0.3) is 0 Å². The van der Waals surface area contributed by atoms with Crippen LogP contribution in [0.2, 0.25) is 0 Å². The number of para-hydroxylation sites is 1. The molecule has 0 atom stereocenters. The number of amides is 2. The molecular weight excluding hydrogens is 406 g/mol. The highest BCUT2D eigenvalue weighted by Gasteiger charge is 2.23. The number of sulfonamides is 1. The first-order chi connectivity index (χ1) is 14.1. The Hall–Kier alpha value is -2.91. The third-order valence-electron chi connectivity index (χ3n) is 4.25. The maximum atomic E-state index is 12.7. The van der Waals surface area contributed by atoms with Crippen molar-refractivity contribution in [3.05, 3.63) is 54.1 Å². The summed E-state index contributed by atoms with van der Waals surface area (Å²) in [6, 6.07) is 12.5. The van der Waals surface area contributed by atoms with Gasteiger partial charge in [-0.3, -0.25) is 9.59 Å². The average Bonchev–Trinajstić information content (AvgIpc) is 2.72. The van der Waals surface area contributed by atoms with Gasteiger partial charge in [0.2, 0.25) is 15.9 Å². The minimum atomic E-state index is -3.86. The van der Waals surface area contributed by atoms with Crippen LogP contribution >= 0.6 is 0 Å². The van der Waals surface area contributed by atoms with Crippen molar-refractivity contribution < 1.29 is 22.7 Å². The molecule has 0 radical (unpaired) electrons. The number of carbonyl (C=O) groups is 2. The zero-order valence-corrected chi connectivity index (χ0v) is 18.3. The smallest absolute Gasteiger partial charge is 0.253 e. The van der Waals surface area contributed by atoms with Gasteiger partial charge in [0.05, 0.1) is 29.8 Å². The Balaban J connectivity index is 2.09. The summed E-state index contributed by atoms with van der Waals surface area (Å²) in [5.74, 6) is -0.0493. The fraction of sp³-hybridized carbons (Fsp3) is 0.333. The third kappa shape index (κ3) is 6.04. The van der Waals surface area contributed by atoms with Gasteiger partial charge < -0.3 is 15.4 Å². The van der Waals surface area contributed by atoms with Crippen LogP contribution < -0.4 is 15.4 Å². The molecule has 2 amide bonds. The minimum absolute atomic E-state index is 0.0482. The highest BCUT2D eigenvalue weighted by molar-refractivity contribution is 7.89. The molecule has 0 saturated carbocycles. The van der Waals surface area contributed by atoms with E-state index in [0.717, 1.165) is 4.31 Å². The van der Waals surface area contributed by atoms with E-state index in [1.807, 2.05) is 13.8 Å². The topological polar surface area (TPSA) is 105 Å². The highest BCUT2D eigenvalue weighted by atomic mass is 32.2. The fourth-order valence-electron chi connectivity index (χ4n) is 2.59. The Labute approximate surface area is 177 Å². The first-order valence-electron chi connectivity index (χ1n) is 9.42. The monoisotopic (exact) mass is 433 g/mol. The van der Waals surface area contributed by atoms with Gasteiger partial charge in [-0.25, -0.2) is 8.42 Å². The molecule has 162 valence electrons. The van der Waals surface area contributed by atoms with Gasteiger partial charge in [-0.15, -0.1) is 0 Å². The SMILES string of the molecule is COc1ccc(S(=O)(=O)N(C)CC(=O)Nc2ccccc2C(=O)NCC(C)C)cc1. The molecular formula is C21H27N3O5S. The lowest BCUT2D eigenvalue weighted by molar-refractivity contribution is -0.116. The number of benzene rings is 2. The van der Waals surface area contributed by atoms with Crippen LogP contribution in [0.15, 0.2) is 53.4 Å². The molecule has 8 nitrogen and oxygen atoms in total. The van der Waals surface area contributed by atoms with Gasteiger partial charge in [0.25, 0.3) is 5.91 Å². The average molecular weight is 434 g/mol. The van der Waals surface area contributed by atoms with Crippen LogP contribution in [0.3, 0.4) is 0 Å². The van der Waals surface area contributed by atoms with Gasteiger partial charge in [-0.1, -0.05) is 26.0 Å². The van der Waals surface area contributed by atoms with Crippen LogP contribution in [0.1, 0.15) is 24.2 Å². The van der Waals surface area contributed by atoms with Crippen molar-refractivity contribution >= 4 is 27.5 Å². The van der Waals surface area contributed by atoms with Gasteiger partial charge >= 0.3 is 0 Å². The molecule has 0 aliphatic carbocycles. The summed E-state index contributed by atoms with van der Waals surface area (Å²) >= 11 is 0. The van der Waals surface area contributed by atoms with Crippen LogP contribution in [0.5, 0.6) is 5.75 Å². The molecule has 0 aliphatic heterocycles. The molecule has 2 aromatic rings. The summed E-state index contributed by atoms with van der Waals surface area (Å²) in [6.07, 6.45) is 0. The second-order valence-electron chi connectivity index (χ2n) is 7.13. The van der Waals surface area contributed by atoms with Gasteiger partial charge in [0.1, 0.15) is 5.75 Å². The van der Waals surface area contributed by atoms with Crippen LogP contribution in [-0.4, -0.2) is 51.8 Å². The molecule has 0 aromatic heterocycles. The van der Waals surface area contributed by atoms with Crippen LogP contribution in [0, 0.1) is 5.92 Å². The third-order valence-corrected chi connectivity index (χ3v) is 6.07. The van der Waals surface area contributed by atoms with Crippen molar-refractivity contribution in [3.63, 3.8) is 0 Å². The van der Waals surface area contributed by atoms with Crippen molar-refractivity contribution in [1.29, 1.82) is 0 Å². The number of rotatable bonds is 9. The second-order valence-corrected chi connectivity index (χ2v) is 9.18. The number of anilines is 1. The Bertz CT molecular complexity index is 988. The Kier molecular flexibility index (Phi) is 7.96. The van der Waals surface area contributed by atoms with E-state index in [9.17, 15) is 18.0 Å². The lowest BCUT2D eigenvalue weighted by Gasteiger charge is -2.18. The van der Waals surface area contributed by atoms with Gasteiger partial charge in [0, 0.05) is 13.6 Å². The summed E-state index contributed by atoms with van der Waals surface area (Å²) in [5.41, 5.74) is 0.631. The maximum Gasteiger partial charge on any atom is 0.253 e. The lowest BCUT2D eigenvalue weighted by Crippen LogP contribution is -2.35. The normalized spacial score (nSPS) is 11.4. The minimum Gasteiger partial charge on any atom is -0.497 e. The molecule has 0 unspecified atom stereocenters. The Morgan fingerprint density at radius 2 is 1.70 bits per heavy atom. The standard InChI is InChI=1S/C21H27N3O5S/c1-15(2)13-22-21(26)18-7-5-6-8-19(18)23-20(25)14-24(3)30(27,28)17-11-9-16(29-4)10-12-17/h5-12,15H,13-14H2,1-4H3,(H,22,26)(H,23,25). The molecule has 2 aromatic carbocycles. The molecule has 2 N–H and O–H groups in total. The summed E-state index contributed by atoms with van der Waals surface area (Å²) in [7, 11) is -1.05. The predicted molar refractivity (Wildman–Crippen MR) is 115 cm³/mol. The Morgan fingerprint density at radius 1 is 1.07 bits per heavy atom. The quantitative estimate of drug-likeness (QED) is 0.632. The van der Waals surface area contributed by atoms with Gasteiger partial charge in [-0.2, -0.15) is 4.31 Å². The zero-order valence-electron chi connectivity index (χ0n) is 17.5. The number of ether oxygens (including phenoxy) is 1. The van der Waals surface area contributed by atoms with E-state index >= 15 is 0 Å². The predicted octanol–water partition coefficient (Wildman–Crippen LogP) is 2.34. The molecule has 2 rings (SSSR count). The summed E-state index contributed by atoms with van der Waals surface area (Å²) in [4.78, 5) is 24.9. The van der Waals surface area contributed by atoms with Gasteiger partial charge in [-0.05, 0) is 42.3 Å². The lowest BCUT2D eigenvalue weighted by atomic mass is 10.1. The number of nitrogens with one attached hydrogen (secondary N) is 2. The molecule has 9 heteroatoms. The van der Waals surface area contributed by atoms with E-state index in [1.54, 1.807) is 24.3 Å². The summed E-state index contributed by atoms with van der Waals surface area (Å²) < 4.78 is 31.3. The largest absolute Gasteiger partial charge is 0.497 e. The molecule has 0 spiro atoms. The van der Waals surface area contributed by atoms with Gasteiger partial charge in [0.15, 0.2) is 0 Å². The molecule has 0 fully saturated rings. The molecule has 30 heavy (non-hydrogen) atoms. The van der Waals surface area contributed by atoms with E-state index < -0.39 is 22.5 Å². The highest BCUT2D eigenvalue weighted by Crippen LogP contribution is 2.19. The van der Waals surface area contributed by atoms with E-state index in [-0.39, 0.29) is 16.7 Å². The summed E-state index contributed by atoms with van der Waals surface area (Å²) in [6.45, 7) is 4.06. The van der Waals surface area contributed by atoms with Crippen molar-refractivity contribution in [3.8, 4) is 5.75 Å². The zero-order chi connectivity index (χ0) is 22.3.